The van der Waals surface area contributed by atoms with Gasteiger partial charge in [0.05, 0.1) is 16.3 Å². The smallest absolute Gasteiger partial charge is 0.229 e. The first-order valence-corrected chi connectivity index (χ1v) is 9.92. The molecule has 0 aromatic carbocycles. The van der Waals surface area contributed by atoms with Crippen LogP contribution in [0.2, 0.25) is 0 Å². The molecular formula is C19H22N4O2S. The number of amides is 2. The summed E-state index contributed by atoms with van der Waals surface area (Å²) in [7, 11) is 0. The van der Waals surface area contributed by atoms with E-state index < -0.39 is 0 Å². The highest BCUT2D eigenvalue weighted by Crippen LogP contribution is 2.34. The average molecular weight is 370 g/mol. The largest absolute Gasteiger partial charge is 0.342 e. The first-order chi connectivity index (χ1) is 12.6. The SMILES string of the molecule is Cc1nc(NC(=O)C2CCN(C(=O)C3CC3)CC2)sc1-c1ccccn1. The number of anilines is 1. The van der Waals surface area contributed by atoms with Gasteiger partial charge >= 0.3 is 0 Å². The van der Waals surface area contributed by atoms with Crippen LogP contribution in [0.15, 0.2) is 24.4 Å². The molecule has 2 fully saturated rings. The van der Waals surface area contributed by atoms with Crippen molar-refractivity contribution in [3.8, 4) is 10.6 Å². The number of thiazole rings is 1. The predicted octanol–water partition coefficient (Wildman–Crippen LogP) is 3.10. The van der Waals surface area contributed by atoms with Crippen molar-refractivity contribution in [1.29, 1.82) is 0 Å². The van der Waals surface area contributed by atoms with Gasteiger partial charge in [0.25, 0.3) is 0 Å². The van der Waals surface area contributed by atoms with Gasteiger partial charge in [0, 0.05) is 31.1 Å². The van der Waals surface area contributed by atoms with Crippen LogP contribution in [0.5, 0.6) is 0 Å². The maximum Gasteiger partial charge on any atom is 0.229 e. The van der Waals surface area contributed by atoms with Crippen molar-refractivity contribution < 1.29 is 9.59 Å². The van der Waals surface area contributed by atoms with Gasteiger partial charge in [-0.3, -0.25) is 14.6 Å². The van der Waals surface area contributed by atoms with E-state index in [1.54, 1.807) is 6.20 Å². The summed E-state index contributed by atoms with van der Waals surface area (Å²) in [5.74, 6) is 0.480. The Kier molecular flexibility index (Phi) is 4.72. The molecule has 1 aliphatic heterocycles. The number of likely N-dealkylation sites (tertiary alicyclic amines) is 1. The molecule has 7 heteroatoms. The second-order valence-electron chi connectivity index (χ2n) is 7.01. The number of piperidine rings is 1. The van der Waals surface area contributed by atoms with E-state index >= 15 is 0 Å². The van der Waals surface area contributed by atoms with Crippen molar-refractivity contribution in [2.75, 3.05) is 18.4 Å². The van der Waals surface area contributed by atoms with Crippen molar-refractivity contribution in [2.45, 2.75) is 32.6 Å². The molecule has 0 bridgehead atoms. The van der Waals surface area contributed by atoms with Gasteiger partial charge in [-0.1, -0.05) is 17.4 Å². The fourth-order valence-corrected chi connectivity index (χ4v) is 4.29. The van der Waals surface area contributed by atoms with E-state index in [9.17, 15) is 9.59 Å². The minimum absolute atomic E-state index is 0.00448. The normalized spacial score (nSPS) is 18.0. The van der Waals surface area contributed by atoms with E-state index in [0.29, 0.717) is 18.2 Å². The fraction of sp³-hybridized carbons (Fsp3) is 0.474. The summed E-state index contributed by atoms with van der Waals surface area (Å²) in [6.45, 7) is 3.30. The number of pyridine rings is 1. The molecule has 0 atom stereocenters. The van der Waals surface area contributed by atoms with Crippen LogP contribution >= 0.6 is 11.3 Å². The summed E-state index contributed by atoms with van der Waals surface area (Å²) in [6.07, 6.45) is 5.26. The van der Waals surface area contributed by atoms with E-state index in [1.807, 2.05) is 30.0 Å². The van der Waals surface area contributed by atoms with Gasteiger partial charge in [-0.15, -0.1) is 0 Å². The lowest BCUT2D eigenvalue weighted by Crippen LogP contribution is -2.42. The highest BCUT2D eigenvalue weighted by molar-refractivity contribution is 7.19. The number of carbonyl (C=O) groups is 2. The molecule has 0 unspecified atom stereocenters. The molecule has 3 heterocycles. The highest BCUT2D eigenvalue weighted by atomic mass is 32.1. The van der Waals surface area contributed by atoms with E-state index in [4.69, 9.17) is 0 Å². The Bertz CT molecular complexity index is 808. The number of nitrogens with one attached hydrogen (secondary N) is 1. The third kappa shape index (κ3) is 3.62. The van der Waals surface area contributed by atoms with E-state index in [1.165, 1.54) is 11.3 Å². The predicted molar refractivity (Wildman–Crippen MR) is 101 cm³/mol. The summed E-state index contributed by atoms with van der Waals surface area (Å²) in [6, 6.07) is 5.76. The Morgan fingerprint density at radius 2 is 1.92 bits per heavy atom. The number of carbonyl (C=O) groups excluding carboxylic acids is 2. The molecule has 1 N–H and O–H groups in total. The Hall–Kier alpha value is -2.28. The lowest BCUT2D eigenvalue weighted by molar-refractivity contribution is -0.135. The maximum atomic E-state index is 12.6. The molecule has 4 rings (SSSR count). The molecule has 26 heavy (non-hydrogen) atoms. The van der Waals surface area contributed by atoms with Crippen LogP contribution in [-0.4, -0.2) is 39.8 Å². The summed E-state index contributed by atoms with van der Waals surface area (Å²) < 4.78 is 0. The van der Waals surface area contributed by atoms with Crippen molar-refractivity contribution in [3.05, 3.63) is 30.1 Å². The van der Waals surface area contributed by atoms with E-state index in [0.717, 1.165) is 41.9 Å². The number of rotatable bonds is 4. The quantitative estimate of drug-likeness (QED) is 0.897. The summed E-state index contributed by atoms with van der Waals surface area (Å²) in [5.41, 5.74) is 1.74. The van der Waals surface area contributed by atoms with E-state index in [2.05, 4.69) is 15.3 Å². The summed E-state index contributed by atoms with van der Waals surface area (Å²) >= 11 is 1.45. The van der Waals surface area contributed by atoms with E-state index in [-0.39, 0.29) is 23.7 Å². The second-order valence-corrected chi connectivity index (χ2v) is 8.01. The Labute approximate surface area is 156 Å². The average Bonchev–Trinajstić information content (AvgIpc) is 3.45. The molecular weight excluding hydrogens is 348 g/mol. The Morgan fingerprint density at radius 1 is 1.15 bits per heavy atom. The third-order valence-corrected chi connectivity index (χ3v) is 6.12. The van der Waals surface area contributed by atoms with Gasteiger partial charge in [-0.25, -0.2) is 4.98 Å². The fourth-order valence-electron chi connectivity index (χ4n) is 3.34. The maximum absolute atomic E-state index is 12.6. The zero-order valence-corrected chi connectivity index (χ0v) is 15.6. The van der Waals surface area contributed by atoms with Crippen LogP contribution in [0, 0.1) is 18.8 Å². The van der Waals surface area contributed by atoms with Gasteiger partial charge in [0.15, 0.2) is 5.13 Å². The third-order valence-electron chi connectivity index (χ3n) is 5.03. The van der Waals surface area contributed by atoms with Crippen LogP contribution in [0.1, 0.15) is 31.4 Å². The van der Waals surface area contributed by atoms with Crippen LogP contribution in [0.3, 0.4) is 0 Å². The standard InChI is InChI=1S/C19H22N4O2S/c1-12-16(15-4-2-3-9-20-15)26-19(21-12)22-17(24)13-7-10-23(11-8-13)18(25)14-5-6-14/h2-4,9,13-14H,5-8,10-11H2,1H3,(H,21,22,24). The minimum Gasteiger partial charge on any atom is -0.342 e. The van der Waals surface area contributed by atoms with Gasteiger partial charge in [-0.05, 0) is 44.7 Å². The molecule has 0 spiro atoms. The van der Waals surface area contributed by atoms with Gasteiger partial charge in [-0.2, -0.15) is 0 Å². The van der Waals surface area contributed by atoms with Crippen molar-refractivity contribution >= 4 is 28.3 Å². The van der Waals surface area contributed by atoms with Gasteiger partial charge in [0.2, 0.25) is 11.8 Å². The first-order valence-electron chi connectivity index (χ1n) is 9.10. The summed E-state index contributed by atoms with van der Waals surface area (Å²) in [4.78, 5) is 36.4. The second kappa shape index (κ2) is 7.15. The van der Waals surface area contributed by atoms with Crippen molar-refractivity contribution in [1.82, 2.24) is 14.9 Å². The van der Waals surface area contributed by atoms with Crippen LogP contribution in [-0.2, 0) is 9.59 Å². The van der Waals surface area contributed by atoms with Gasteiger partial charge < -0.3 is 10.2 Å². The number of nitrogens with zero attached hydrogens (tertiary/aromatic N) is 3. The van der Waals surface area contributed by atoms with Crippen molar-refractivity contribution in [3.63, 3.8) is 0 Å². The lowest BCUT2D eigenvalue weighted by atomic mass is 9.95. The van der Waals surface area contributed by atoms with Crippen LogP contribution in [0.25, 0.3) is 10.6 Å². The minimum atomic E-state index is -0.0549. The van der Waals surface area contributed by atoms with Crippen molar-refractivity contribution in [2.24, 2.45) is 11.8 Å². The number of aromatic nitrogens is 2. The summed E-state index contributed by atoms with van der Waals surface area (Å²) in [5, 5.41) is 3.57. The number of hydrogen-bond donors (Lipinski definition) is 1. The van der Waals surface area contributed by atoms with Crippen LogP contribution < -0.4 is 5.32 Å². The monoisotopic (exact) mass is 370 g/mol. The lowest BCUT2D eigenvalue weighted by Gasteiger charge is -2.31. The molecule has 2 aromatic rings. The van der Waals surface area contributed by atoms with Crippen LogP contribution in [0.4, 0.5) is 5.13 Å². The Balaban J connectivity index is 1.36. The first kappa shape index (κ1) is 17.1. The zero-order chi connectivity index (χ0) is 18.1. The molecule has 136 valence electrons. The molecule has 1 aliphatic carbocycles. The zero-order valence-electron chi connectivity index (χ0n) is 14.8. The topological polar surface area (TPSA) is 75.2 Å². The Morgan fingerprint density at radius 3 is 2.58 bits per heavy atom. The molecule has 2 aromatic heterocycles. The molecule has 1 saturated carbocycles. The highest BCUT2D eigenvalue weighted by Gasteiger charge is 2.36. The molecule has 2 amide bonds. The molecule has 1 saturated heterocycles. The number of aryl methyl sites for hydroxylation is 1. The molecule has 2 aliphatic rings. The molecule has 0 radical (unpaired) electrons. The number of hydrogen-bond acceptors (Lipinski definition) is 5. The molecule has 6 nitrogen and oxygen atoms in total. The van der Waals surface area contributed by atoms with Gasteiger partial charge in [0.1, 0.15) is 0 Å².